The van der Waals surface area contributed by atoms with Gasteiger partial charge in [0, 0.05) is 13.0 Å². The van der Waals surface area contributed by atoms with Crippen LogP contribution in [0.2, 0.25) is 0 Å². The number of hydrogen-bond donors (Lipinski definition) is 0. The summed E-state index contributed by atoms with van der Waals surface area (Å²) in [4.78, 5) is 23.0. The van der Waals surface area contributed by atoms with Gasteiger partial charge in [-0.05, 0) is 37.6 Å². The Bertz CT molecular complexity index is 621. The molecule has 108 valence electrons. The Kier molecular flexibility index (Phi) is 4.08. The molecule has 0 atom stereocenters. The van der Waals surface area contributed by atoms with Gasteiger partial charge in [-0.3, -0.25) is 4.79 Å². The van der Waals surface area contributed by atoms with Crippen molar-refractivity contribution in [1.82, 2.24) is 4.31 Å². The van der Waals surface area contributed by atoms with Crippen molar-refractivity contribution in [3.8, 4) is 0 Å². The third kappa shape index (κ3) is 2.67. The molecular formula is C13H15NO5S. The van der Waals surface area contributed by atoms with Crippen molar-refractivity contribution in [3.05, 3.63) is 29.8 Å². The lowest BCUT2D eigenvalue weighted by Gasteiger charge is -2.16. The zero-order valence-corrected chi connectivity index (χ0v) is 11.9. The lowest BCUT2D eigenvalue weighted by Crippen LogP contribution is -2.31. The van der Waals surface area contributed by atoms with Crippen LogP contribution in [0.4, 0.5) is 0 Å². The molecule has 1 heterocycles. The Morgan fingerprint density at radius 2 is 1.95 bits per heavy atom. The number of nitrogens with zero attached hydrogens (tertiary/aromatic N) is 1. The predicted molar refractivity (Wildman–Crippen MR) is 70.5 cm³/mol. The molecule has 0 unspecified atom stereocenters. The van der Waals surface area contributed by atoms with E-state index in [1.54, 1.807) is 6.92 Å². The largest absolute Gasteiger partial charge is 0.462 e. The van der Waals surface area contributed by atoms with E-state index in [4.69, 9.17) is 4.74 Å². The molecule has 6 nitrogen and oxygen atoms in total. The van der Waals surface area contributed by atoms with E-state index in [-0.39, 0.29) is 35.9 Å². The number of benzene rings is 1. The molecule has 0 aromatic heterocycles. The third-order valence-electron chi connectivity index (χ3n) is 2.98. The molecule has 7 heteroatoms. The van der Waals surface area contributed by atoms with Crippen molar-refractivity contribution in [1.29, 1.82) is 0 Å². The van der Waals surface area contributed by atoms with Gasteiger partial charge in [-0.25, -0.2) is 17.5 Å². The highest BCUT2D eigenvalue weighted by Crippen LogP contribution is 2.22. The van der Waals surface area contributed by atoms with Gasteiger partial charge in [0.1, 0.15) is 0 Å². The molecule has 0 N–H and O–H groups in total. The fraction of sp³-hybridized carbons (Fsp3) is 0.385. The van der Waals surface area contributed by atoms with Gasteiger partial charge in [0.25, 0.3) is 10.0 Å². The molecule has 1 aromatic carbocycles. The molecule has 1 amide bonds. The molecule has 0 radical (unpaired) electrons. The van der Waals surface area contributed by atoms with Crippen LogP contribution in [0.15, 0.2) is 29.2 Å². The Morgan fingerprint density at radius 3 is 2.45 bits per heavy atom. The maximum atomic E-state index is 12.2. The quantitative estimate of drug-likeness (QED) is 0.779. The molecule has 0 spiro atoms. The topological polar surface area (TPSA) is 80.8 Å². The standard InChI is InChI=1S/C13H15NO5S/c1-2-19-13(16)10-5-7-11(8-6-10)20(17,18)14-9-3-4-12(14)15/h5-8H,2-4,9H2,1H3. The average Bonchev–Trinajstić information content (AvgIpc) is 2.86. The molecule has 0 aliphatic carbocycles. The number of amides is 1. The molecular weight excluding hydrogens is 282 g/mol. The summed E-state index contributed by atoms with van der Waals surface area (Å²) in [5.41, 5.74) is 0.276. The highest BCUT2D eigenvalue weighted by molar-refractivity contribution is 7.89. The van der Waals surface area contributed by atoms with Crippen LogP contribution in [-0.2, 0) is 19.6 Å². The van der Waals surface area contributed by atoms with E-state index in [9.17, 15) is 18.0 Å². The SMILES string of the molecule is CCOC(=O)c1ccc(S(=O)(=O)N2CCCC2=O)cc1. The summed E-state index contributed by atoms with van der Waals surface area (Å²) in [5.74, 6) is -0.895. The molecule has 2 rings (SSSR count). The van der Waals surface area contributed by atoms with Crippen LogP contribution in [0, 0.1) is 0 Å². The van der Waals surface area contributed by atoms with E-state index in [0.717, 1.165) is 4.31 Å². The van der Waals surface area contributed by atoms with Crippen molar-refractivity contribution in [2.45, 2.75) is 24.7 Å². The smallest absolute Gasteiger partial charge is 0.338 e. The van der Waals surface area contributed by atoms with Crippen molar-refractivity contribution in [2.75, 3.05) is 13.2 Å². The lowest BCUT2D eigenvalue weighted by molar-refractivity contribution is -0.123. The lowest BCUT2D eigenvalue weighted by atomic mass is 10.2. The molecule has 0 saturated carbocycles. The second-order valence-corrected chi connectivity index (χ2v) is 6.18. The molecule has 1 aliphatic rings. The first kappa shape index (κ1) is 14.5. The Balaban J connectivity index is 2.25. The fourth-order valence-electron chi connectivity index (χ4n) is 1.98. The van der Waals surface area contributed by atoms with Crippen LogP contribution in [0.25, 0.3) is 0 Å². The maximum Gasteiger partial charge on any atom is 0.338 e. The van der Waals surface area contributed by atoms with Crippen LogP contribution < -0.4 is 0 Å². The van der Waals surface area contributed by atoms with Crippen molar-refractivity contribution in [3.63, 3.8) is 0 Å². The van der Waals surface area contributed by atoms with Crippen molar-refractivity contribution < 1.29 is 22.7 Å². The number of rotatable bonds is 4. The minimum absolute atomic E-state index is 0.000739. The summed E-state index contributed by atoms with van der Waals surface area (Å²) in [6.07, 6.45) is 0.791. The molecule has 1 fully saturated rings. The Labute approximate surface area is 117 Å². The first-order chi connectivity index (χ1) is 9.46. The number of carbonyl (C=O) groups excluding carboxylic acids is 2. The monoisotopic (exact) mass is 297 g/mol. The van der Waals surface area contributed by atoms with Gasteiger partial charge in [0.15, 0.2) is 0 Å². The molecule has 1 aliphatic heterocycles. The summed E-state index contributed by atoms with van der Waals surface area (Å²) in [6, 6.07) is 5.39. The van der Waals surface area contributed by atoms with E-state index in [1.165, 1.54) is 24.3 Å². The van der Waals surface area contributed by atoms with Gasteiger partial charge >= 0.3 is 5.97 Å². The second kappa shape index (κ2) is 5.62. The highest BCUT2D eigenvalue weighted by Gasteiger charge is 2.32. The van der Waals surface area contributed by atoms with Crippen LogP contribution >= 0.6 is 0 Å². The molecule has 1 aromatic rings. The van der Waals surface area contributed by atoms with E-state index in [0.29, 0.717) is 6.42 Å². The van der Waals surface area contributed by atoms with Gasteiger partial charge in [0.2, 0.25) is 5.91 Å². The van der Waals surface area contributed by atoms with Crippen molar-refractivity contribution >= 4 is 21.9 Å². The zero-order valence-electron chi connectivity index (χ0n) is 11.0. The summed E-state index contributed by atoms with van der Waals surface area (Å²) in [5, 5.41) is 0. The van der Waals surface area contributed by atoms with Crippen LogP contribution in [0.5, 0.6) is 0 Å². The van der Waals surface area contributed by atoms with Gasteiger partial charge in [-0.1, -0.05) is 0 Å². The van der Waals surface area contributed by atoms with E-state index in [2.05, 4.69) is 0 Å². The van der Waals surface area contributed by atoms with E-state index in [1.807, 2.05) is 0 Å². The predicted octanol–water partition coefficient (Wildman–Crippen LogP) is 1.17. The van der Waals surface area contributed by atoms with E-state index < -0.39 is 16.0 Å². The number of ether oxygens (including phenoxy) is 1. The highest BCUT2D eigenvalue weighted by atomic mass is 32.2. The first-order valence-electron chi connectivity index (χ1n) is 6.29. The Morgan fingerprint density at radius 1 is 1.30 bits per heavy atom. The minimum atomic E-state index is -3.81. The average molecular weight is 297 g/mol. The van der Waals surface area contributed by atoms with Gasteiger partial charge in [-0.15, -0.1) is 0 Å². The number of esters is 1. The van der Waals surface area contributed by atoms with Crippen LogP contribution in [0.1, 0.15) is 30.1 Å². The Hall–Kier alpha value is -1.89. The van der Waals surface area contributed by atoms with Crippen LogP contribution in [0.3, 0.4) is 0 Å². The number of hydrogen-bond acceptors (Lipinski definition) is 5. The first-order valence-corrected chi connectivity index (χ1v) is 7.73. The third-order valence-corrected chi connectivity index (χ3v) is 4.82. The molecule has 1 saturated heterocycles. The summed E-state index contributed by atoms with van der Waals surface area (Å²) in [6.45, 7) is 2.15. The summed E-state index contributed by atoms with van der Waals surface area (Å²) < 4.78 is 30.2. The summed E-state index contributed by atoms with van der Waals surface area (Å²) >= 11 is 0. The van der Waals surface area contributed by atoms with Gasteiger partial charge < -0.3 is 4.74 Å². The van der Waals surface area contributed by atoms with Crippen LogP contribution in [-0.4, -0.2) is 37.8 Å². The molecule has 0 bridgehead atoms. The normalized spacial score (nSPS) is 15.4. The molecule has 20 heavy (non-hydrogen) atoms. The zero-order chi connectivity index (χ0) is 14.8. The van der Waals surface area contributed by atoms with Gasteiger partial charge in [0.05, 0.1) is 17.1 Å². The fourth-order valence-corrected chi connectivity index (χ4v) is 3.45. The number of carbonyl (C=O) groups is 2. The second-order valence-electron chi connectivity index (χ2n) is 4.32. The van der Waals surface area contributed by atoms with Gasteiger partial charge in [-0.2, -0.15) is 0 Å². The summed E-state index contributed by atoms with van der Waals surface area (Å²) in [7, 11) is -3.81. The van der Waals surface area contributed by atoms with Crippen molar-refractivity contribution in [2.24, 2.45) is 0 Å². The van der Waals surface area contributed by atoms with E-state index >= 15 is 0 Å². The number of sulfonamides is 1. The minimum Gasteiger partial charge on any atom is -0.462 e. The maximum absolute atomic E-state index is 12.2.